The lowest BCUT2D eigenvalue weighted by Gasteiger charge is -2.12. The molecule has 8 heteroatoms. The first-order valence-corrected chi connectivity index (χ1v) is 13.1. The average Bonchev–Trinajstić information content (AvgIpc) is 3.32. The Morgan fingerprint density at radius 2 is 1.65 bits per heavy atom. The third kappa shape index (κ3) is 5.18. The van der Waals surface area contributed by atoms with Crippen LogP contribution in [0.15, 0.2) is 83.8 Å². The molecule has 0 radical (unpaired) electrons. The van der Waals surface area contributed by atoms with E-state index in [-0.39, 0.29) is 11.1 Å². The molecule has 0 N–H and O–H groups in total. The summed E-state index contributed by atoms with van der Waals surface area (Å²) in [5.41, 5.74) is 5.18. The van der Waals surface area contributed by atoms with E-state index in [2.05, 4.69) is 4.57 Å². The van der Waals surface area contributed by atoms with Crippen molar-refractivity contribution in [3.8, 4) is 11.4 Å². The molecule has 1 aliphatic rings. The lowest BCUT2D eigenvalue weighted by molar-refractivity contribution is -0.113. The van der Waals surface area contributed by atoms with Gasteiger partial charge in [0.1, 0.15) is 12.4 Å². The number of hydrogen-bond donors (Lipinski definition) is 0. The van der Waals surface area contributed by atoms with Crippen molar-refractivity contribution in [3.63, 3.8) is 0 Å². The molecule has 0 spiro atoms. The minimum absolute atomic E-state index is 0.347. The van der Waals surface area contributed by atoms with Gasteiger partial charge in [0.15, 0.2) is 0 Å². The Kier molecular flexibility index (Phi) is 7.15. The van der Waals surface area contributed by atoms with Crippen molar-refractivity contribution in [2.45, 2.75) is 20.5 Å². The van der Waals surface area contributed by atoms with Crippen LogP contribution in [0.4, 0.5) is 10.5 Å². The van der Waals surface area contributed by atoms with Crippen LogP contribution < -0.4 is 9.64 Å². The predicted molar refractivity (Wildman–Crippen MR) is 151 cm³/mol. The Balaban J connectivity index is 1.36. The molecule has 3 aromatic carbocycles. The van der Waals surface area contributed by atoms with Crippen LogP contribution >= 0.6 is 35.0 Å². The van der Waals surface area contributed by atoms with Gasteiger partial charge in [-0.15, -0.1) is 0 Å². The average molecular weight is 549 g/mol. The predicted octanol–water partition coefficient (Wildman–Crippen LogP) is 8.22. The van der Waals surface area contributed by atoms with Crippen molar-refractivity contribution in [2.24, 2.45) is 0 Å². The molecular weight excluding hydrogens is 527 g/mol. The Hall–Kier alpha value is -3.45. The third-order valence-electron chi connectivity index (χ3n) is 6.06. The number of amides is 2. The van der Waals surface area contributed by atoms with E-state index in [0.717, 1.165) is 50.6 Å². The summed E-state index contributed by atoms with van der Waals surface area (Å²) in [5.74, 6) is 0.378. The third-order valence-corrected chi connectivity index (χ3v) is 7.54. The molecule has 186 valence electrons. The number of nitrogens with zero attached hydrogens (tertiary/aromatic N) is 2. The fourth-order valence-corrected chi connectivity index (χ4v) is 5.45. The zero-order valence-corrected chi connectivity index (χ0v) is 22.4. The van der Waals surface area contributed by atoms with E-state index in [1.807, 2.05) is 68.4 Å². The van der Waals surface area contributed by atoms with Gasteiger partial charge in [-0.05, 0) is 91.8 Å². The Bertz CT molecular complexity index is 1540. The number of thioether (sulfide) groups is 1. The highest BCUT2D eigenvalue weighted by molar-refractivity contribution is 8.19. The van der Waals surface area contributed by atoms with Gasteiger partial charge >= 0.3 is 0 Å². The summed E-state index contributed by atoms with van der Waals surface area (Å²) in [4.78, 5) is 27.2. The maximum Gasteiger partial charge on any atom is 0.298 e. The van der Waals surface area contributed by atoms with Crippen LogP contribution in [0.2, 0.25) is 10.0 Å². The second-order valence-corrected chi connectivity index (χ2v) is 10.4. The number of carbonyl (C=O) groups is 2. The first-order valence-electron chi connectivity index (χ1n) is 11.5. The van der Waals surface area contributed by atoms with E-state index in [1.165, 1.54) is 0 Å². The minimum Gasteiger partial charge on any atom is -0.489 e. The van der Waals surface area contributed by atoms with Crippen molar-refractivity contribution in [2.75, 3.05) is 4.90 Å². The lowest BCUT2D eigenvalue weighted by Crippen LogP contribution is -2.27. The zero-order valence-electron chi connectivity index (χ0n) is 20.1. The quantitative estimate of drug-likeness (QED) is 0.228. The number of imide groups is 1. The second kappa shape index (κ2) is 10.5. The van der Waals surface area contributed by atoms with E-state index in [1.54, 1.807) is 30.3 Å². The Morgan fingerprint density at radius 1 is 0.892 bits per heavy atom. The summed E-state index contributed by atoms with van der Waals surface area (Å²) in [6, 6.07) is 24.1. The molecule has 1 fully saturated rings. The standard InChI is InChI=1S/C29H22Cl2N2O3S/c1-18-14-21(15-27-28(34)33(29(35)37-27)24-8-5-7-22(30)16-24)19(2)32(18)23-10-12-25(13-11-23)36-17-20-6-3-4-9-26(20)31/h3-16H,17H2,1-2H3/b27-15+. The molecule has 2 amide bonds. The van der Waals surface area contributed by atoms with Crippen LogP contribution in [0.5, 0.6) is 5.75 Å². The monoisotopic (exact) mass is 548 g/mol. The van der Waals surface area contributed by atoms with Crippen molar-refractivity contribution in [1.82, 2.24) is 4.57 Å². The topological polar surface area (TPSA) is 51.5 Å². The van der Waals surface area contributed by atoms with Gasteiger partial charge in [-0.3, -0.25) is 9.59 Å². The molecule has 1 aromatic heterocycles. The van der Waals surface area contributed by atoms with Crippen LogP contribution in [-0.2, 0) is 11.4 Å². The van der Waals surface area contributed by atoms with Gasteiger partial charge in [-0.2, -0.15) is 0 Å². The lowest BCUT2D eigenvalue weighted by atomic mass is 10.2. The van der Waals surface area contributed by atoms with Crippen LogP contribution in [0.3, 0.4) is 0 Å². The fraction of sp³-hybridized carbons (Fsp3) is 0.103. The molecule has 2 heterocycles. The molecule has 0 atom stereocenters. The van der Waals surface area contributed by atoms with Gasteiger partial charge in [0, 0.05) is 32.7 Å². The highest BCUT2D eigenvalue weighted by Crippen LogP contribution is 2.37. The van der Waals surface area contributed by atoms with Crippen LogP contribution in [0, 0.1) is 13.8 Å². The number of carbonyl (C=O) groups excluding carboxylic acids is 2. The molecule has 5 rings (SSSR count). The highest BCUT2D eigenvalue weighted by atomic mass is 35.5. The van der Waals surface area contributed by atoms with Gasteiger partial charge in [-0.1, -0.05) is 47.5 Å². The van der Waals surface area contributed by atoms with Crippen LogP contribution in [-0.4, -0.2) is 15.7 Å². The number of benzene rings is 3. The second-order valence-electron chi connectivity index (χ2n) is 8.53. The van der Waals surface area contributed by atoms with E-state index in [0.29, 0.717) is 27.2 Å². The fourth-order valence-electron chi connectivity index (χ4n) is 4.25. The van der Waals surface area contributed by atoms with Gasteiger partial charge in [0.25, 0.3) is 11.1 Å². The Morgan fingerprint density at radius 3 is 2.38 bits per heavy atom. The molecular formula is C29H22Cl2N2O3S. The minimum atomic E-state index is -0.359. The van der Waals surface area contributed by atoms with Crippen molar-refractivity contribution in [1.29, 1.82) is 0 Å². The first-order chi connectivity index (χ1) is 17.8. The normalized spacial score (nSPS) is 14.6. The number of rotatable bonds is 6. The van der Waals surface area contributed by atoms with Crippen molar-refractivity contribution < 1.29 is 14.3 Å². The zero-order chi connectivity index (χ0) is 26.1. The summed E-state index contributed by atoms with van der Waals surface area (Å²) < 4.78 is 8.01. The summed E-state index contributed by atoms with van der Waals surface area (Å²) >= 11 is 13.2. The number of halogens is 2. The van der Waals surface area contributed by atoms with Crippen LogP contribution in [0.1, 0.15) is 22.5 Å². The van der Waals surface area contributed by atoms with E-state index >= 15 is 0 Å². The Labute approximate surface area is 229 Å². The van der Waals surface area contributed by atoms with Gasteiger partial charge < -0.3 is 9.30 Å². The van der Waals surface area contributed by atoms with E-state index in [9.17, 15) is 9.59 Å². The molecule has 0 aliphatic carbocycles. The number of aryl methyl sites for hydroxylation is 1. The maximum atomic E-state index is 13.1. The van der Waals surface area contributed by atoms with Crippen molar-refractivity contribution in [3.05, 3.63) is 116 Å². The van der Waals surface area contributed by atoms with Crippen LogP contribution in [0.25, 0.3) is 11.8 Å². The highest BCUT2D eigenvalue weighted by Gasteiger charge is 2.36. The number of anilines is 1. The molecule has 1 aliphatic heterocycles. The molecule has 0 unspecified atom stereocenters. The number of hydrogen-bond acceptors (Lipinski definition) is 4. The summed E-state index contributed by atoms with van der Waals surface area (Å²) in [6.07, 6.45) is 1.77. The first kappa shape index (κ1) is 25.2. The van der Waals surface area contributed by atoms with Gasteiger partial charge in [0.05, 0.1) is 10.6 Å². The number of aromatic nitrogens is 1. The van der Waals surface area contributed by atoms with E-state index in [4.69, 9.17) is 27.9 Å². The molecule has 0 saturated carbocycles. The molecule has 37 heavy (non-hydrogen) atoms. The summed E-state index contributed by atoms with van der Waals surface area (Å²) in [5, 5.41) is 0.791. The van der Waals surface area contributed by atoms with Gasteiger partial charge in [-0.25, -0.2) is 4.90 Å². The molecule has 1 saturated heterocycles. The van der Waals surface area contributed by atoms with Crippen molar-refractivity contribution >= 4 is 57.9 Å². The summed E-state index contributed by atoms with van der Waals surface area (Å²) in [6.45, 7) is 4.38. The SMILES string of the molecule is Cc1cc(/C=C2/SC(=O)N(c3cccc(Cl)c3)C2=O)c(C)n1-c1ccc(OCc2ccccc2Cl)cc1. The molecule has 4 aromatic rings. The van der Waals surface area contributed by atoms with E-state index < -0.39 is 0 Å². The maximum absolute atomic E-state index is 13.1. The van der Waals surface area contributed by atoms with Gasteiger partial charge in [0.2, 0.25) is 0 Å². The molecule has 5 nitrogen and oxygen atoms in total. The largest absolute Gasteiger partial charge is 0.489 e. The smallest absolute Gasteiger partial charge is 0.298 e. The number of ether oxygens (including phenoxy) is 1. The summed E-state index contributed by atoms with van der Waals surface area (Å²) in [7, 11) is 0. The molecule has 0 bridgehead atoms.